The molecule has 0 aliphatic rings. The minimum absolute atomic E-state index is 0.205. The van der Waals surface area contributed by atoms with E-state index in [0.29, 0.717) is 17.2 Å². The number of amides is 1. The summed E-state index contributed by atoms with van der Waals surface area (Å²) in [6.45, 7) is 0.0707. The Hall–Kier alpha value is -4.22. The van der Waals surface area contributed by atoms with Crippen LogP contribution in [-0.4, -0.2) is 23.7 Å². The number of hydrogen-bond donors (Lipinski definition) is 1. The fourth-order valence-electron chi connectivity index (χ4n) is 3.10. The van der Waals surface area contributed by atoms with Gasteiger partial charge >= 0.3 is 0 Å². The largest absolute Gasteiger partial charge is 0.488 e. The van der Waals surface area contributed by atoms with Gasteiger partial charge in [-0.3, -0.25) is 4.79 Å². The molecule has 0 bridgehead atoms. The molecule has 0 saturated heterocycles. The Bertz CT molecular complexity index is 1400. The van der Waals surface area contributed by atoms with Crippen LogP contribution in [0.2, 0.25) is 0 Å². The minimum Gasteiger partial charge on any atom is -0.488 e. The Labute approximate surface area is 204 Å². The summed E-state index contributed by atoms with van der Waals surface area (Å²) in [7, 11) is 0. The van der Waals surface area contributed by atoms with E-state index in [1.54, 1.807) is 24.3 Å². The van der Waals surface area contributed by atoms with E-state index in [2.05, 4.69) is 37.5 Å². The average Bonchev–Trinajstić information content (AvgIpc) is 2.87. The van der Waals surface area contributed by atoms with E-state index in [1.165, 1.54) is 6.21 Å². The van der Waals surface area contributed by atoms with Gasteiger partial charge in [-0.1, -0.05) is 36.4 Å². The van der Waals surface area contributed by atoms with Crippen molar-refractivity contribution in [1.29, 1.82) is 5.26 Å². The molecule has 168 valence electrons. The van der Waals surface area contributed by atoms with E-state index in [-0.39, 0.29) is 13.2 Å². The second-order valence-electron chi connectivity index (χ2n) is 7.17. The van der Waals surface area contributed by atoms with Crippen molar-refractivity contribution >= 4 is 39.0 Å². The number of nitrogens with zero attached hydrogens (tertiary/aromatic N) is 3. The summed E-state index contributed by atoms with van der Waals surface area (Å²) >= 11 is 3.48. The first-order valence-electron chi connectivity index (χ1n) is 10.3. The number of aromatic nitrogens is 1. The highest BCUT2D eigenvalue weighted by Crippen LogP contribution is 2.26. The minimum atomic E-state index is -0.401. The maximum atomic E-state index is 12.0. The molecule has 1 N–H and O–H groups in total. The zero-order chi connectivity index (χ0) is 23.8. The molecule has 1 aromatic heterocycles. The summed E-state index contributed by atoms with van der Waals surface area (Å²) in [5, 5.41) is 14.2. The van der Waals surface area contributed by atoms with Gasteiger partial charge < -0.3 is 9.47 Å². The van der Waals surface area contributed by atoms with Crippen LogP contribution in [0.25, 0.3) is 10.9 Å². The van der Waals surface area contributed by atoms with Crippen LogP contribution in [0.4, 0.5) is 0 Å². The number of hydrogen-bond acceptors (Lipinski definition) is 6. The highest BCUT2D eigenvalue weighted by atomic mass is 79.9. The topological polar surface area (TPSA) is 96.6 Å². The monoisotopic (exact) mass is 514 g/mol. The van der Waals surface area contributed by atoms with Gasteiger partial charge in [-0.2, -0.15) is 10.4 Å². The number of fused-ring (bicyclic) bond motifs is 1. The Morgan fingerprint density at radius 3 is 2.74 bits per heavy atom. The number of nitrogens with one attached hydrogen (secondary N) is 1. The van der Waals surface area contributed by atoms with Gasteiger partial charge in [-0.25, -0.2) is 10.4 Å². The predicted octanol–water partition coefficient (Wildman–Crippen LogP) is 4.98. The molecule has 0 radical (unpaired) electrons. The van der Waals surface area contributed by atoms with Crippen LogP contribution in [0.3, 0.4) is 0 Å². The normalized spacial score (nSPS) is 10.7. The summed E-state index contributed by atoms with van der Waals surface area (Å²) < 4.78 is 12.0. The molecule has 34 heavy (non-hydrogen) atoms. The number of carbonyl (C=O) groups is 1. The van der Waals surface area contributed by atoms with Crippen molar-refractivity contribution in [2.45, 2.75) is 6.61 Å². The molecule has 1 amide bonds. The summed E-state index contributed by atoms with van der Waals surface area (Å²) in [6.07, 6.45) is 1.52. The highest BCUT2D eigenvalue weighted by molar-refractivity contribution is 9.10. The van der Waals surface area contributed by atoms with Crippen LogP contribution in [0.15, 0.2) is 88.4 Å². The quantitative estimate of drug-likeness (QED) is 0.264. The number of nitriles is 1. The molecule has 0 unspecified atom stereocenters. The van der Waals surface area contributed by atoms with Crippen molar-refractivity contribution in [3.63, 3.8) is 0 Å². The Balaban J connectivity index is 1.28. The van der Waals surface area contributed by atoms with Gasteiger partial charge in [0, 0.05) is 17.0 Å². The lowest BCUT2D eigenvalue weighted by Gasteiger charge is -2.10. The van der Waals surface area contributed by atoms with Gasteiger partial charge in [0.1, 0.15) is 12.4 Å². The molecule has 0 aliphatic heterocycles. The first-order valence-corrected chi connectivity index (χ1v) is 11.1. The number of carbonyl (C=O) groups excluding carboxylic acids is 1. The predicted molar refractivity (Wildman–Crippen MR) is 133 cm³/mol. The molecule has 0 saturated carbocycles. The lowest BCUT2D eigenvalue weighted by Crippen LogP contribution is -2.24. The summed E-state index contributed by atoms with van der Waals surface area (Å²) in [6, 6.07) is 26.1. The Kier molecular flexibility index (Phi) is 7.48. The maximum Gasteiger partial charge on any atom is 0.278 e. The van der Waals surface area contributed by atoms with Gasteiger partial charge in [0.15, 0.2) is 6.61 Å². The van der Waals surface area contributed by atoms with Gasteiger partial charge in [-0.15, -0.1) is 0 Å². The van der Waals surface area contributed by atoms with Crippen molar-refractivity contribution < 1.29 is 14.3 Å². The number of ether oxygens (including phenoxy) is 2. The molecule has 8 heteroatoms. The van der Waals surface area contributed by atoms with E-state index in [0.717, 1.165) is 26.5 Å². The van der Waals surface area contributed by atoms with Crippen LogP contribution in [0, 0.1) is 11.3 Å². The van der Waals surface area contributed by atoms with Crippen molar-refractivity contribution in [2.24, 2.45) is 5.10 Å². The van der Waals surface area contributed by atoms with Crippen LogP contribution in [0.1, 0.15) is 16.7 Å². The number of para-hydroxylation sites is 1. The molecule has 4 aromatic rings. The summed E-state index contributed by atoms with van der Waals surface area (Å²) in [4.78, 5) is 16.4. The molecule has 1 heterocycles. The Morgan fingerprint density at radius 1 is 1.06 bits per heavy atom. The third kappa shape index (κ3) is 5.97. The standard InChI is InChI=1S/C26H19BrN4O3/c27-22-13-18(9-11-24(22)33-16-21-7-2-1-6-20(21)14-28)15-29-31-25(32)17-34-26-12-10-19-5-3-4-8-23(19)30-26/h1-13,15H,16-17H2,(H,31,32). The van der Waals surface area contributed by atoms with E-state index < -0.39 is 5.91 Å². The second kappa shape index (κ2) is 11.1. The molecule has 0 fully saturated rings. The zero-order valence-corrected chi connectivity index (χ0v) is 19.5. The van der Waals surface area contributed by atoms with Gasteiger partial charge in [0.25, 0.3) is 5.91 Å². The lowest BCUT2D eigenvalue weighted by atomic mass is 10.1. The summed E-state index contributed by atoms with van der Waals surface area (Å²) in [5.41, 5.74) is 5.38. The third-order valence-electron chi connectivity index (χ3n) is 4.80. The van der Waals surface area contributed by atoms with E-state index >= 15 is 0 Å². The van der Waals surface area contributed by atoms with Crippen molar-refractivity contribution in [1.82, 2.24) is 10.4 Å². The number of hydrazone groups is 1. The number of pyridine rings is 1. The molecule has 7 nitrogen and oxygen atoms in total. The first kappa shape index (κ1) is 23.0. The van der Waals surface area contributed by atoms with E-state index in [9.17, 15) is 10.1 Å². The van der Waals surface area contributed by atoms with E-state index in [4.69, 9.17) is 9.47 Å². The van der Waals surface area contributed by atoms with Crippen molar-refractivity contribution in [3.8, 4) is 17.7 Å². The fourth-order valence-corrected chi connectivity index (χ4v) is 3.61. The first-order chi connectivity index (χ1) is 16.6. The molecule has 0 atom stereocenters. The zero-order valence-electron chi connectivity index (χ0n) is 17.9. The third-order valence-corrected chi connectivity index (χ3v) is 5.42. The van der Waals surface area contributed by atoms with Crippen molar-refractivity contribution in [2.75, 3.05) is 6.61 Å². The van der Waals surface area contributed by atoms with E-state index in [1.807, 2.05) is 54.6 Å². The van der Waals surface area contributed by atoms with Crippen molar-refractivity contribution in [3.05, 3.63) is 100 Å². The highest BCUT2D eigenvalue weighted by Gasteiger charge is 2.06. The Morgan fingerprint density at radius 2 is 1.88 bits per heavy atom. The van der Waals surface area contributed by atoms with Crippen LogP contribution in [-0.2, 0) is 11.4 Å². The lowest BCUT2D eigenvalue weighted by molar-refractivity contribution is -0.123. The van der Waals surface area contributed by atoms with Gasteiger partial charge in [-0.05, 0) is 57.9 Å². The number of halogens is 1. The van der Waals surface area contributed by atoms with Gasteiger partial charge in [0.05, 0.1) is 27.8 Å². The smallest absolute Gasteiger partial charge is 0.278 e. The molecule has 0 spiro atoms. The van der Waals surface area contributed by atoms with Gasteiger partial charge in [0.2, 0.25) is 5.88 Å². The number of rotatable bonds is 8. The van der Waals surface area contributed by atoms with Crippen LogP contribution >= 0.6 is 15.9 Å². The molecule has 4 rings (SSSR count). The molecule has 3 aromatic carbocycles. The molecular weight excluding hydrogens is 496 g/mol. The number of benzene rings is 3. The molecular formula is C26H19BrN4O3. The van der Waals surface area contributed by atoms with Crippen LogP contribution in [0.5, 0.6) is 11.6 Å². The van der Waals surface area contributed by atoms with Crippen LogP contribution < -0.4 is 14.9 Å². The second-order valence-corrected chi connectivity index (χ2v) is 8.03. The average molecular weight is 515 g/mol. The summed E-state index contributed by atoms with van der Waals surface area (Å²) in [5.74, 6) is 0.598. The SMILES string of the molecule is N#Cc1ccccc1COc1ccc(C=NNC(=O)COc2ccc3ccccc3n2)cc1Br. The fraction of sp³-hybridized carbons (Fsp3) is 0.0769. The molecule has 0 aliphatic carbocycles. The maximum absolute atomic E-state index is 12.0.